The fourth-order valence-electron chi connectivity index (χ4n) is 1.88. The third-order valence-corrected chi connectivity index (χ3v) is 3.71. The van der Waals surface area contributed by atoms with Crippen LogP contribution in [0.1, 0.15) is 18.9 Å². The number of hydrogen-bond acceptors (Lipinski definition) is 3. The molecule has 8 heteroatoms. The molecule has 1 aromatic carbocycles. The number of amides is 1. The highest BCUT2D eigenvalue weighted by atomic mass is 127. The quantitative estimate of drug-likeness (QED) is 0.340. The lowest BCUT2D eigenvalue weighted by atomic mass is 10.1. The molecule has 0 aliphatic heterocycles. The second-order valence-electron chi connectivity index (χ2n) is 5.51. The summed E-state index contributed by atoms with van der Waals surface area (Å²) >= 11 is 6.24. The zero-order chi connectivity index (χ0) is 17.9. The van der Waals surface area contributed by atoms with E-state index in [1.54, 1.807) is 27.3 Å². The van der Waals surface area contributed by atoms with Crippen molar-refractivity contribution in [3.05, 3.63) is 28.8 Å². The van der Waals surface area contributed by atoms with Gasteiger partial charge in [-0.05, 0) is 30.5 Å². The van der Waals surface area contributed by atoms with Crippen LogP contribution in [0.15, 0.2) is 23.2 Å². The molecule has 0 aliphatic carbocycles. The number of ether oxygens (including phenoxy) is 1. The average Bonchev–Trinajstić information content (AvgIpc) is 2.57. The van der Waals surface area contributed by atoms with Crippen LogP contribution < -0.4 is 15.4 Å². The molecule has 0 saturated carbocycles. The first-order valence-electron chi connectivity index (χ1n) is 8.02. The van der Waals surface area contributed by atoms with Gasteiger partial charge in [-0.2, -0.15) is 0 Å². The monoisotopic (exact) mass is 482 g/mol. The SMILES string of the molecule is CCCNC(=NCC(=O)N(C)C)NCCc1ccc(OC)cc1Cl.I. The van der Waals surface area contributed by atoms with Crippen molar-refractivity contribution in [1.82, 2.24) is 15.5 Å². The molecule has 1 aromatic rings. The van der Waals surface area contributed by atoms with Crippen molar-refractivity contribution < 1.29 is 9.53 Å². The molecule has 0 saturated heterocycles. The van der Waals surface area contributed by atoms with Gasteiger partial charge in [0.1, 0.15) is 12.3 Å². The van der Waals surface area contributed by atoms with Crippen LogP contribution in [-0.4, -0.2) is 57.6 Å². The largest absolute Gasteiger partial charge is 0.497 e. The number of methoxy groups -OCH3 is 1. The van der Waals surface area contributed by atoms with Crippen molar-refractivity contribution in [1.29, 1.82) is 0 Å². The summed E-state index contributed by atoms with van der Waals surface area (Å²) in [5.74, 6) is 1.34. The van der Waals surface area contributed by atoms with Crippen LogP contribution >= 0.6 is 35.6 Å². The molecule has 0 aliphatic rings. The molecular weight excluding hydrogens is 455 g/mol. The molecule has 6 nitrogen and oxygen atoms in total. The molecule has 0 spiro atoms. The van der Waals surface area contributed by atoms with E-state index in [1.807, 2.05) is 12.1 Å². The number of carbonyl (C=O) groups is 1. The number of nitrogens with one attached hydrogen (secondary N) is 2. The molecule has 25 heavy (non-hydrogen) atoms. The van der Waals surface area contributed by atoms with Crippen LogP contribution in [0, 0.1) is 0 Å². The number of nitrogens with zero attached hydrogens (tertiary/aromatic N) is 2. The summed E-state index contributed by atoms with van der Waals surface area (Å²) in [6, 6.07) is 5.65. The summed E-state index contributed by atoms with van der Waals surface area (Å²) in [4.78, 5) is 17.5. The second-order valence-corrected chi connectivity index (χ2v) is 5.92. The maximum Gasteiger partial charge on any atom is 0.243 e. The first-order chi connectivity index (χ1) is 11.5. The van der Waals surface area contributed by atoms with E-state index in [4.69, 9.17) is 16.3 Å². The minimum atomic E-state index is -0.0363. The molecule has 142 valence electrons. The van der Waals surface area contributed by atoms with Crippen molar-refractivity contribution in [3.63, 3.8) is 0 Å². The summed E-state index contributed by atoms with van der Waals surface area (Å²) in [6.45, 7) is 3.66. The van der Waals surface area contributed by atoms with Crippen molar-refractivity contribution in [2.24, 2.45) is 4.99 Å². The lowest BCUT2D eigenvalue weighted by molar-refractivity contribution is -0.127. The van der Waals surface area contributed by atoms with E-state index in [1.165, 1.54) is 4.90 Å². The normalized spacial score (nSPS) is 10.7. The zero-order valence-electron chi connectivity index (χ0n) is 15.3. The number of likely N-dealkylation sites (N-methyl/N-ethyl adjacent to an activating group) is 1. The van der Waals surface area contributed by atoms with Gasteiger partial charge in [-0.3, -0.25) is 4.79 Å². The maximum absolute atomic E-state index is 11.7. The summed E-state index contributed by atoms with van der Waals surface area (Å²) in [7, 11) is 5.05. The molecule has 1 amide bonds. The second kappa shape index (κ2) is 13.0. The average molecular weight is 483 g/mol. The molecule has 0 aromatic heterocycles. The molecular formula is C17H28ClIN4O2. The Morgan fingerprint density at radius 1 is 1.28 bits per heavy atom. The summed E-state index contributed by atoms with van der Waals surface area (Å²) < 4.78 is 5.15. The Hall–Kier alpha value is -1.22. The molecule has 1 rings (SSSR count). The minimum absolute atomic E-state index is 0. The van der Waals surface area contributed by atoms with E-state index in [0.717, 1.165) is 30.7 Å². The van der Waals surface area contributed by atoms with Gasteiger partial charge in [-0.25, -0.2) is 4.99 Å². The maximum atomic E-state index is 11.7. The number of rotatable bonds is 8. The van der Waals surface area contributed by atoms with Crippen LogP contribution in [0.5, 0.6) is 5.75 Å². The van der Waals surface area contributed by atoms with E-state index in [9.17, 15) is 4.79 Å². The van der Waals surface area contributed by atoms with Crippen molar-refractivity contribution in [3.8, 4) is 5.75 Å². The standard InChI is InChI=1S/C17H27ClN4O2.HI/c1-5-9-19-17(21-12-16(23)22(2)3)20-10-8-13-6-7-14(24-4)11-15(13)18;/h6-7,11H,5,8-10,12H2,1-4H3,(H2,19,20,21);1H. The van der Waals surface area contributed by atoms with Gasteiger partial charge in [-0.1, -0.05) is 24.6 Å². The van der Waals surface area contributed by atoms with Gasteiger partial charge >= 0.3 is 0 Å². The number of aliphatic imine (C=N–C) groups is 1. The van der Waals surface area contributed by atoms with Gasteiger partial charge in [0.25, 0.3) is 0 Å². The van der Waals surface area contributed by atoms with Crippen molar-refractivity contribution in [2.45, 2.75) is 19.8 Å². The summed E-state index contributed by atoms with van der Waals surface area (Å²) in [6.07, 6.45) is 1.73. The van der Waals surface area contributed by atoms with Gasteiger partial charge in [-0.15, -0.1) is 24.0 Å². The summed E-state index contributed by atoms with van der Waals surface area (Å²) in [5.41, 5.74) is 1.03. The van der Waals surface area contributed by atoms with Gasteiger partial charge in [0.05, 0.1) is 7.11 Å². The molecule has 0 radical (unpaired) electrons. The highest BCUT2D eigenvalue weighted by Crippen LogP contribution is 2.22. The molecule has 0 atom stereocenters. The third-order valence-electron chi connectivity index (χ3n) is 3.36. The van der Waals surface area contributed by atoms with Gasteiger partial charge < -0.3 is 20.3 Å². The first kappa shape index (κ1) is 23.8. The van der Waals surface area contributed by atoms with E-state index in [0.29, 0.717) is 17.5 Å². The van der Waals surface area contributed by atoms with Crippen LogP contribution in [0.4, 0.5) is 0 Å². The Morgan fingerprint density at radius 3 is 2.52 bits per heavy atom. The molecule has 0 unspecified atom stereocenters. The van der Waals surface area contributed by atoms with Gasteiger partial charge in [0.15, 0.2) is 5.96 Å². The van der Waals surface area contributed by atoms with Crippen LogP contribution in [-0.2, 0) is 11.2 Å². The van der Waals surface area contributed by atoms with Gasteiger partial charge in [0, 0.05) is 32.2 Å². The predicted molar refractivity (Wildman–Crippen MR) is 114 cm³/mol. The Morgan fingerprint density at radius 2 is 1.96 bits per heavy atom. The number of hydrogen-bond donors (Lipinski definition) is 2. The van der Waals surface area contributed by atoms with E-state index in [-0.39, 0.29) is 36.4 Å². The molecule has 0 bridgehead atoms. The Balaban J connectivity index is 0.00000576. The lowest BCUT2D eigenvalue weighted by Gasteiger charge is -2.14. The zero-order valence-corrected chi connectivity index (χ0v) is 18.4. The van der Waals surface area contributed by atoms with Crippen molar-refractivity contribution >= 4 is 47.4 Å². The van der Waals surface area contributed by atoms with Crippen LogP contribution in [0.2, 0.25) is 5.02 Å². The molecule has 0 heterocycles. The highest BCUT2D eigenvalue weighted by Gasteiger charge is 2.06. The van der Waals surface area contributed by atoms with E-state index in [2.05, 4.69) is 22.5 Å². The Bertz CT molecular complexity index is 568. The Labute approximate surface area is 172 Å². The number of guanidine groups is 1. The van der Waals surface area contributed by atoms with Gasteiger partial charge in [0.2, 0.25) is 5.91 Å². The number of halogens is 2. The highest BCUT2D eigenvalue weighted by molar-refractivity contribution is 14.0. The van der Waals surface area contributed by atoms with E-state index < -0.39 is 0 Å². The number of benzene rings is 1. The third kappa shape index (κ3) is 9.15. The molecule has 0 fully saturated rings. The van der Waals surface area contributed by atoms with Crippen LogP contribution in [0.25, 0.3) is 0 Å². The Kier molecular flexibility index (Phi) is 12.4. The number of carbonyl (C=O) groups excluding carboxylic acids is 1. The summed E-state index contributed by atoms with van der Waals surface area (Å²) in [5, 5.41) is 7.11. The topological polar surface area (TPSA) is 66.0 Å². The smallest absolute Gasteiger partial charge is 0.243 e. The predicted octanol–water partition coefficient (Wildman–Crippen LogP) is 2.54. The fourth-order valence-corrected chi connectivity index (χ4v) is 2.14. The molecule has 2 N–H and O–H groups in total. The van der Waals surface area contributed by atoms with Crippen molar-refractivity contribution in [2.75, 3.05) is 40.8 Å². The first-order valence-corrected chi connectivity index (χ1v) is 8.40. The fraction of sp³-hybridized carbons (Fsp3) is 0.529. The van der Waals surface area contributed by atoms with Crippen LogP contribution in [0.3, 0.4) is 0 Å². The minimum Gasteiger partial charge on any atom is -0.497 e. The van der Waals surface area contributed by atoms with E-state index >= 15 is 0 Å². The lowest BCUT2D eigenvalue weighted by Crippen LogP contribution is -2.39.